The Balaban J connectivity index is 3.07. The van der Waals surface area contributed by atoms with Crippen LogP contribution in [0.4, 0.5) is 4.39 Å². The van der Waals surface area contributed by atoms with Crippen molar-refractivity contribution in [1.29, 1.82) is 0 Å². The molecule has 0 aromatic heterocycles. The van der Waals surface area contributed by atoms with E-state index in [1.54, 1.807) is 13.0 Å². The maximum Gasteiger partial charge on any atom is 0.130 e. The highest BCUT2D eigenvalue weighted by Crippen LogP contribution is 2.29. The van der Waals surface area contributed by atoms with E-state index in [0.717, 1.165) is 12.8 Å². The number of nitrogens with one attached hydrogen (secondary N) is 1. The summed E-state index contributed by atoms with van der Waals surface area (Å²) in [6.07, 6.45) is 1.97. The van der Waals surface area contributed by atoms with Crippen molar-refractivity contribution in [3.63, 3.8) is 0 Å². The van der Waals surface area contributed by atoms with Crippen LogP contribution in [0.1, 0.15) is 43.9 Å². The fourth-order valence-corrected chi connectivity index (χ4v) is 2.15. The van der Waals surface area contributed by atoms with Crippen LogP contribution in [0.25, 0.3) is 0 Å². The van der Waals surface area contributed by atoms with Crippen LogP contribution < -0.4 is 11.3 Å². The lowest BCUT2D eigenvalue weighted by molar-refractivity contribution is 0.336. The Morgan fingerprint density at radius 1 is 1.31 bits per heavy atom. The van der Waals surface area contributed by atoms with E-state index in [1.807, 2.05) is 12.1 Å². The average Bonchev–Trinajstić information content (AvgIpc) is 2.30. The normalized spacial score (nSPS) is 13.1. The maximum absolute atomic E-state index is 14.0. The first-order chi connectivity index (χ1) is 7.65. The number of hydrazine groups is 1. The molecule has 0 aliphatic rings. The highest BCUT2D eigenvalue weighted by molar-refractivity contribution is 5.28. The summed E-state index contributed by atoms with van der Waals surface area (Å²) >= 11 is 0. The summed E-state index contributed by atoms with van der Waals surface area (Å²) in [5, 5.41) is 0. The Kier molecular flexibility index (Phi) is 4.90. The highest BCUT2D eigenvalue weighted by atomic mass is 19.1. The zero-order valence-corrected chi connectivity index (χ0v) is 10.3. The molecule has 1 rings (SSSR count). The van der Waals surface area contributed by atoms with Gasteiger partial charge in [0, 0.05) is 5.56 Å². The van der Waals surface area contributed by atoms with Crippen LogP contribution in [0.2, 0.25) is 0 Å². The molecule has 1 atom stereocenters. The first kappa shape index (κ1) is 13.1. The van der Waals surface area contributed by atoms with E-state index in [1.165, 1.54) is 0 Å². The first-order valence-electron chi connectivity index (χ1n) is 5.86. The molecule has 0 bridgehead atoms. The SMILES string of the molecule is CCC(CC)C(NN)c1cccc(C)c1F. The molecule has 0 aliphatic carbocycles. The summed E-state index contributed by atoms with van der Waals surface area (Å²) < 4.78 is 14.0. The molecule has 0 fully saturated rings. The quantitative estimate of drug-likeness (QED) is 0.596. The summed E-state index contributed by atoms with van der Waals surface area (Å²) in [5.41, 5.74) is 4.10. The number of hydrogen-bond acceptors (Lipinski definition) is 2. The third-order valence-corrected chi connectivity index (χ3v) is 3.26. The Morgan fingerprint density at radius 3 is 2.44 bits per heavy atom. The van der Waals surface area contributed by atoms with Crippen molar-refractivity contribution in [2.24, 2.45) is 11.8 Å². The third kappa shape index (κ3) is 2.60. The number of hydrogen-bond donors (Lipinski definition) is 2. The summed E-state index contributed by atoms with van der Waals surface area (Å²) in [4.78, 5) is 0. The topological polar surface area (TPSA) is 38.0 Å². The minimum Gasteiger partial charge on any atom is -0.271 e. The van der Waals surface area contributed by atoms with Crippen LogP contribution in [0.5, 0.6) is 0 Å². The van der Waals surface area contributed by atoms with Crippen molar-refractivity contribution in [2.45, 2.75) is 39.7 Å². The molecule has 0 saturated carbocycles. The smallest absolute Gasteiger partial charge is 0.130 e. The average molecular weight is 224 g/mol. The van der Waals surface area contributed by atoms with Crippen LogP contribution in [-0.4, -0.2) is 0 Å². The van der Waals surface area contributed by atoms with Gasteiger partial charge in [-0.05, 0) is 18.4 Å². The molecule has 1 aromatic carbocycles. The van der Waals surface area contributed by atoms with Crippen LogP contribution in [-0.2, 0) is 0 Å². The van der Waals surface area contributed by atoms with Gasteiger partial charge in [-0.1, -0.05) is 44.9 Å². The van der Waals surface area contributed by atoms with Gasteiger partial charge in [-0.15, -0.1) is 0 Å². The molecule has 2 nitrogen and oxygen atoms in total. The van der Waals surface area contributed by atoms with Gasteiger partial charge in [-0.2, -0.15) is 0 Å². The van der Waals surface area contributed by atoms with E-state index in [4.69, 9.17) is 5.84 Å². The second kappa shape index (κ2) is 5.97. The van der Waals surface area contributed by atoms with Crippen molar-refractivity contribution < 1.29 is 4.39 Å². The van der Waals surface area contributed by atoms with Gasteiger partial charge in [0.25, 0.3) is 0 Å². The molecule has 90 valence electrons. The van der Waals surface area contributed by atoms with Crippen molar-refractivity contribution >= 4 is 0 Å². The lowest BCUT2D eigenvalue weighted by atomic mass is 9.88. The molecule has 3 N–H and O–H groups in total. The second-order valence-corrected chi connectivity index (χ2v) is 4.20. The number of halogens is 1. The lowest BCUT2D eigenvalue weighted by Gasteiger charge is -2.25. The molecule has 0 radical (unpaired) electrons. The van der Waals surface area contributed by atoms with Gasteiger partial charge in [0.05, 0.1) is 6.04 Å². The van der Waals surface area contributed by atoms with Gasteiger partial charge >= 0.3 is 0 Å². The summed E-state index contributed by atoms with van der Waals surface area (Å²) in [6, 6.07) is 5.36. The van der Waals surface area contributed by atoms with E-state index < -0.39 is 0 Å². The molecule has 16 heavy (non-hydrogen) atoms. The van der Waals surface area contributed by atoms with E-state index in [9.17, 15) is 4.39 Å². The van der Waals surface area contributed by atoms with Crippen molar-refractivity contribution in [1.82, 2.24) is 5.43 Å². The lowest BCUT2D eigenvalue weighted by Crippen LogP contribution is -2.34. The highest BCUT2D eigenvalue weighted by Gasteiger charge is 2.22. The van der Waals surface area contributed by atoms with Crippen molar-refractivity contribution in [3.05, 3.63) is 35.1 Å². The zero-order chi connectivity index (χ0) is 12.1. The molecule has 0 amide bonds. The molecular formula is C13H21FN2. The molecule has 1 aromatic rings. The number of nitrogens with two attached hydrogens (primary N) is 1. The van der Waals surface area contributed by atoms with Gasteiger partial charge < -0.3 is 0 Å². The van der Waals surface area contributed by atoms with E-state index in [2.05, 4.69) is 19.3 Å². The monoisotopic (exact) mass is 224 g/mol. The predicted molar refractivity (Wildman–Crippen MR) is 65.3 cm³/mol. The Bertz CT molecular complexity index is 335. The third-order valence-electron chi connectivity index (χ3n) is 3.26. The van der Waals surface area contributed by atoms with Crippen LogP contribution in [0.15, 0.2) is 18.2 Å². The summed E-state index contributed by atoms with van der Waals surface area (Å²) in [5.74, 6) is 5.78. The van der Waals surface area contributed by atoms with Gasteiger partial charge in [-0.25, -0.2) is 4.39 Å². The maximum atomic E-state index is 14.0. The van der Waals surface area contributed by atoms with Crippen molar-refractivity contribution in [3.8, 4) is 0 Å². The van der Waals surface area contributed by atoms with E-state index in [-0.39, 0.29) is 11.9 Å². The van der Waals surface area contributed by atoms with Gasteiger partial charge in [0.1, 0.15) is 5.82 Å². The van der Waals surface area contributed by atoms with Gasteiger partial charge in [-0.3, -0.25) is 11.3 Å². The molecule has 0 saturated heterocycles. The largest absolute Gasteiger partial charge is 0.271 e. The van der Waals surface area contributed by atoms with Crippen LogP contribution >= 0.6 is 0 Å². The summed E-state index contributed by atoms with van der Waals surface area (Å²) in [7, 11) is 0. The van der Waals surface area contributed by atoms with Crippen LogP contribution in [0.3, 0.4) is 0 Å². The molecule has 3 heteroatoms. The zero-order valence-electron chi connectivity index (χ0n) is 10.3. The first-order valence-corrected chi connectivity index (χ1v) is 5.86. The summed E-state index contributed by atoms with van der Waals surface area (Å²) in [6.45, 7) is 5.98. The molecule has 0 heterocycles. The van der Waals surface area contributed by atoms with Gasteiger partial charge in [0.15, 0.2) is 0 Å². The Labute approximate surface area is 97.0 Å². The fourth-order valence-electron chi connectivity index (χ4n) is 2.15. The Hall–Kier alpha value is -0.930. The molecule has 0 spiro atoms. The number of benzene rings is 1. The molecule has 1 unspecified atom stereocenters. The fraction of sp³-hybridized carbons (Fsp3) is 0.538. The van der Waals surface area contributed by atoms with Gasteiger partial charge in [0.2, 0.25) is 0 Å². The minimum absolute atomic E-state index is 0.102. The molecule has 0 aliphatic heterocycles. The minimum atomic E-state index is -0.141. The standard InChI is InChI=1S/C13H21FN2/c1-4-10(5-2)13(16-15)11-8-6-7-9(3)12(11)14/h6-8,10,13,16H,4-5,15H2,1-3H3. The Morgan fingerprint density at radius 2 is 1.94 bits per heavy atom. The number of aryl methyl sites for hydroxylation is 1. The predicted octanol–water partition coefficient (Wildman–Crippen LogP) is 3.07. The van der Waals surface area contributed by atoms with Crippen LogP contribution in [0, 0.1) is 18.7 Å². The molecular weight excluding hydrogens is 203 g/mol. The second-order valence-electron chi connectivity index (χ2n) is 4.20. The van der Waals surface area contributed by atoms with Crippen molar-refractivity contribution in [2.75, 3.05) is 0 Å². The van der Waals surface area contributed by atoms with E-state index >= 15 is 0 Å². The number of rotatable bonds is 5. The van der Waals surface area contributed by atoms with E-state index in [0.29, 0.717) is 17.0 Å².